The highest BCUT2D eigenvalue weighted by molar-refractivity contribution is 5.55. The van der Waals surface area contributed by atoms with E-state index in [4.69, 9.17) is 0 Å². The van der Waals surface area contributed by atoms with Gasteiger partial charge in [0, 0.05) is 32.4 Å². The van der Waals surface area contributed by atoms with Gasteiger partial charge in [-0.15, -0.1) is 10.2 Å². The number of carbonyl (C=O) groups is 1. The quantitative estimate of drug-likeness (QED) is 0.593. The minimum atomic E-state index is -0.702. The molecule has 0 radical (unpaired) electrons. The molecule has 3 aromatic rings. The van der Waals surface area contributed by atoms with Crippen molar-refractivity contribution in [3.63, 3.8) is 0 Å². The summed E-state index contributed by atoms with van der Waals surface area (Å²) in [5, 5.41) is 24.7. The molecule has 0 atom stereocenters. The molecule has 0 aliphatic carbocycles. The molecule has 0 saturated carbocycles. The minimum absolute atomic E-state index is 0.0312. The van der Waals surface area contributed by atoms with E-state index in [0.717, 1.165) is 22.7 Å². The van der Waals surface area contributed by atoms with Crippen LogP contribution in [0, 0.1) is 0 Å². The van der Waals surface area contributed by atoms with Crippen LogP contribution >= 0.6 is 0 Å². The Hall–Kier alpha value is -3.27. The van der Waals surface area contributed by atoms with Gasteiger partial charge in [0.1, 0.15) is 19.2 Å². The van der Waals surface area contributed by atoms with Gasteiger partial charge >= 0.3 is 0 Å². The van der Waals surface area contributed by atoms with Crippen LogP contribution in [0.15, 0.2) is 35.5 Å². The molecule has 4 heterocycles. The van der Waals surface area contributed by atoms with E-state index < -0.39 is 5.60 Å². The van der Waals surface area contributed by atoms with E-state index >= 15 is 0 Å². The van der Waals surface area contributed by atoms with E-state index in [1.807, 2.05) is 48.5 Å². The molecule has 10 heteroatoms. The monoisotopic (exact) mass is 413 g/mol. The van der Waals surface area contributed by atoms with Crippen LogP contribution < -0.4 is 15.8 Å². The van der Waals surface area contributed by atoms with Gasteiger partial charge in [-0.3, -0.25) is 9.20 Å². The molecule has 1 aliphatic heterocycles. The fourth-order valence-corrected chi connectivity index (χ4v) is 3.28. The number of nitrogens with zero attached hydrogens (tertiary/aromatic N) is 6. The number of pyridine rings is 1. The number of β-amino-alcohol motifs (C(OH)–C–C–N with tert-alkyl or cyclic N) is 1. The van der Waals surface area contributed by atoms with Gasteiger partial charge in [-0.05, 0) is 25.0 Å². The Balaban J connectivity index is 0.000000196. The van der Waals surface area contributed by atoms with E-state index in [9.17, 15) is 14.7 Å². The van der Waals surface area contributed by atoms with Crippen molar-refractivity contribution in [3.05, 3.63) is 46.8 Å². The molecule has 0 aromatic carbocycles. The molecule has 0 unspecified atom stereocenters. The van der Waals surface area contributed by atoms with Crippen molar-refractivity contribution in [2.45, 2.75) is 38.8 Å². The van der Waals surface area contributed by atoms with Gasteiger partial charge in [-0.1, -0.05) is 13.8 Å². The maximum absolute atomic E-state index is 11.9. The maximum atomic E-state index is 11.9. The van der Waals surface area contributed by atoms with Crippen LogP contribution in [0.25, 0.3) is 5.65 Å². The first-order valence-electron chi connectivity index (χ1n) is 9.74. The average molecular weight is 413 g/mol. The van der Waals surface area contributed by atoms with Crippen LogP contribution in [-0.4, -0.2) is 61.5 Å². The molecule has 160 valence electrons. The van der Waals surface area contributed by atoms with Crippen molar-refractivity contribution < 1.29 is 9.90 Å². The summed E-state index contributed by atoms with van der Waals surface area (Å²) < 4.78 is 3.04. The van der Waals surface area contributed by atoms with Gasteiger partial charge in [-0.25, -0.2) is 4.68 Å². The van der Waals surface area contributed by atoms with E-state index in [2.05, 4.69) is 20.6 Å². The number of hydrogen-bond donors (Lipinski definition) is 2. The lowest BCUT2D eigenvalue weighted by Gasteiger charge is -2.46. The lowest BCUT2D eigenvalue weighted by molar-refractivity contribution is -0.108. The van der Waals surface area contributed by atoms with Gasteiger partial charge in [0.15, 0.2) is 5.65 Å². The van der Waals surface area contributed by atoms with Crippen molar-refractivity contribution in [2.24, 2.45) is 0 Å². The number of aliphatic hydroxyl groups is 1. The second kappa shape index (κ2) is 8.62. The van der Waals surface area contributed by atoms with Crippen molar-refractivity contribution in [3.8, 4) is 0 Å². The number of aldehydes is 1. The summed E-state index contributed by atoms with van der Waals surface area (Å²) in [6.07, 6.45) is 4.28. The number of carbonyl (C=O) groups excluding carboxylic acids is 1. The molecule has 3 aromatic heterocycles. The van der Waals surface area contributed by atoms with Crippen molar-refractivity contribution in [2.75, 3.05) is 30.4 Å². The zero-order valence-electron chi connectivity index (χ0n) is 17.6. The SMILES string of the molecule is CC(C)c1nn(CC=O)c(=O)cc1N1CC(C)(O)C1.CNc1ccc2nncn2c1. The minimum Gasteiger partial charge on any atom is -0.387 e. The molecule has 0 amide bonds. The first-order valence-corrected chi connectivity index (χ1v) is 9.74. The Bertz CT molecular complexity index is 1080. The molecule has 0 spiro atoms. The van der Waals surface area contributed by atoms with Crippen LogP contribution in [0.1, 0.15) is 32.4 Å². The van der Waals surface area contributed by atoms with E-state index in [-0.39, 0.29) is 18.0 Å². The molecule has 2 N–H and O–H groups in total. The van der Waals surface area contributed by atoms with E-state index in [0.29, 0.717) is 19.4 Å². The van der Waals surface area contributed by atoms with Gasteiger partial charge in [0.2, 0.25) is 0 Å². The first-order chi connectivity index (χ1) is 14.2. The highest BCUT2D eigenvalue weighted by atomic mass is 16.3. The lowest BCUT2D eigenvalue weighted by Crippen LogP contribution is -2.60. The Morgan fingerprint density at radius 1 is 1.33 bits per heavy atom. The highest BCUT2D eigenvalue weighted by Crippen LogP contribution is 2.31. The standard InChI is InChI=1S/C13H19N3O3.C7H8N4/c1-9(2)12-10(15-7-13(3,19)8-15)6-11(18)16(14-12)4-5-17;1-8-6-2-3-7-10-9-5-11(7)4-6/h5-6,9,19H,4,7-8H2,1-3H3;2-5,8H,1H3. The maximum Gasteiger partial charge on any atom is 0.269 e. The molecule has 10 nitrogen and oxygen atoms in total. The Morgan fingerprint density at radius 3 is 2.67 bits per heavy atom. The fourth-order valence-electron chi connectivity index (χ4n) is 3.28. The van der Waals surface area contributed by atoms with E-state index in [1.54, 1.807) is 13.3 Å². The van der Waals surface area contributed by atoms with Crippen LogP contribution in [0.3, 0.4) is 0 Å². The van der Waals surface area contributed by atoms with Gasteiger partial charge in [0.05, 0.1) is 22.7 Å². The molecule has 1 fully saturated rings. The molecular weight excluding hydrogens is 386 g/mol. The van der Waals surface area contributed by atoms with Crippen LogP contribution in [0.2, 0.25) is 0 Å². The Kier molecular flexibility index (Phi) is 6.16. The van der Waals surface area contributed by atoms with Crippen molar-refractivity contribution in [1.29, 1.82) is 0 Å². The Morgan fingerprint density at radius 2 is 2.07 bits per heavy atom. The second-order valence-corrected chi connectivity index (χ2v) is 7.87. The number of nitrogens with one attached hydrogen (secondary N) is 1. The van der Waals surface area contributed by atoms with E-state index in [1.165, 1.54) is 10.7 Å². The second-order valence-electron chi connectivity index (χ2n) is 7.87. The van der Waals surface area contributed by atoms with Crippen molar-refractivity contribution >= 4 is 23.3 Å². The topological polar surface area (TPSA) is 118 Å². The third kappa shape index (κ3) is 4.65. The summed E-state index contributed by atoms with van der Waals surface area (Å²) >= 11 is 0. The van der Waals surface area contributed by atoms with Gasteiger partial charge < -0.3 is 20.1 Å². The first kappa shape index (κ1) is 21.4. The normalized spacial score (nSPS) is 14.8. The molecule has 30 heavy (non-hydrogen) atoms. The molecule has 1 aliphatic rings. The number of rotatable bonds is 5. The Labute approximate surface area is 174 Å². The number of anilines is 2. The van der Waals surface area contributed by atoms with Crippen LogP contribution in [0.4, 0.5) is 11.4 Å². The summed E-state index contributed by atoms with van der Waals surface area (Å²) in [5.41, 5.74) is 2.45. The van der Waals surface area contributed by atoms with Crippen LogP contribution in [0.5, 0.6) is 0 Å². The zero-order valence-corrected chi connectivity index (χ0v) is 17.6. The van der Waals surface area contributed by atoms with Gasteiger partial charge in [-0.2, -0.15) is 5.10 Å². The lowest BCUT2D eigenvalue weighted by atomic mass is 9.95. The fraction of sp³-hybridized carbons (Fsp3) is 0.450. The summed E-state index contributed by atoms with van der Waals surface area (Å²) in [7, 11) is 1.88. The average Bonchev–Trinajstić information content (AvgIpc) is 3.15. The highest BCUT2D eigenvalue weighted by Gasteiger charge is 2.38. The third-order valence-corrected chi connectivity index (χ3v) is 4.78. The largest absolute Gasteiger partial charge is 0.387 e. The predicted molar refractivity (Wildman–Crippen MR) is 114 cm³/mol. The smallest absolute Gasteiger partial charge is 0.269 e. The molecule has 4 rings (SSSR count). The summed E-state index contributed by atoms with van der Waals surface area (Å²) in [4.78, 5) is 24.3. The summed E-state index contributed by atoms with van der Waals surface area (Å²) in [6, 6.07) is 5.38. The van der Waals surface area contributed by atoms with Crippen LogP contribution in [-0.2, 0) is 11.3 Å². The predicted octanol–water partition coefficient (Wildman–Crippen LogP) is 0.908. The third-order valence-electron chi connectivity index (χ3n) is 4.78. The molecule has 1 saturated heterocycles. The molecule has 0 bridgehead atoms. The number of aromatic nitrogens is 5. The van der Waals surface area contributed by atoms with Gasteiger partial charge in [0.25, 0.3) is 5.56 Å². The summed E-state index contributed by atoms with van der Waals surface area (Å²) in [6.45, 7) is 6.69. The molecular formula is C20H27N7O3. The number of hydrogen-bond acceptors (Lipinski definition) is 8. The summed E-state index contributed by atoms with van der Waals surface area (Å²) in [5.74, 6) is 0.138. The number of fused-ring (bicyclic) bond motifs is 1. The van der Waals surface area contributed by atoms with Crippen molar-refractivity contribution in [1.82, 2.24) is 24.4 Å². The zero-order chi connectivity index (χ0) is 21.9.